The largest absolute Gasteiger partial charge is 0.348 e. The van der Waals surface area contributed by atoms with E-state index >= 15 is 0 Å². The highest BCUT2D eigenvalue weighted by Gasteiger charge is 2.19. The molecule has 1 heterocycles. The van der Waals surface area contributed by atoms with Crippen molar-refractivity contribution in [1.29, 1.82) is 0 Å². The van der Waals surface area contributed by atoms with Crippen LogP contribution in [0.2, 0.25) is 0 Å². The van der Waals surface area contributed by atoms with Crippen LogP contribution in [-0.2, 0) is 19.6 Å². The van der Waals surface area contributed by atoms with Crippen LogP contribution >= 0.6 is 0 Å². The topological polar surface area (TPSA) is 63.1 Å². The van der Waals surface area contributed by atoms with Gasteiger partial charge >= 0.3 is 0 Å². The highest BCUT2D eigenvalue weighted by molar-refractivity contribution is 5.97. The summed E-state index contributed by atoms with van der Waals surface area (Å²) in [5.41, 5.74) is 4.77. The second-order valence-corrected chi connectivity index (χ2v) is 8.27. The molecule has 0 bridgehead atoms. The van der Waals surface area contributed by atoms with Gasteiger partial charge in [-0.3, -0.25) is 9.69 Å². The fourth-order valence-electron chi connectivity index (χ4n) is 4.43. The van der Waals surface area contributed by atoms with Crippen molar-refractivity contribution in [2.45, 2.75) is 64.7 Å². The summed E-state index contributed by atoms with van der Waals surface area (Å²) in [6, 6.07) is 14.7. The Kier molecular flexibility index (Phi) is 6.43. The summed E-state index contributed by atoms with van der Waals surface area (Å²) in [4.78, 5) is 15.2. The van der Waals surface area contributed by atoms with Gasteiger partial charge in [-0.1, -0.05) is 48.7 Å². The molecule has 0 radical (unpaired) electrons. The van der Waals surface area contributed by atoms with Gasteiger partial charge in [-0.05, 0) is 56.1 Å². The molecule has 1 aliphatic rings. The fraction of sp³-hybridized carbons (Fsp3) is 0.458. The Bertz CT molecular complexity index is 1010. The minimum absolute atomic E-state index is 0.0848. The van der Waals surface area contributed by atoms with E-state index in [9.17, 15) is 4.79 Å². The molecule has 0 atom stereocenters. The van der Waals surface area contributed by atoms with Gasteiger partial charge in [0.2, 0.25) is 0 Å². The van der Waals surface area contributed by atoms with E-state index in [1.54, 1.807) is 0 Å². The average Bonchev–Trinajstić information content (AvgIpc) is 3.21. The van der Waals surface area contributed by atoms with Crippen LogP contribution in [0.5, 0.6) is 0 Å². The van der Waals surface area contributed by atoms with E-state index in [1.807, 2.05) is 35.9 Å². The van der Waals surface area contributed by atoms with Gasteiger partial charge in [-0.2, -0.15) is 0 Å². The van der Waals surface area contributed by atoms with Crippen LogP contribution in [0.15, 0.2) is 42.5 Å². The molecule has 0 aliphatic heterocycles. The molecule has 4 rings (SSSR count). The quantitative estimate of drug-likeness (QED) is 0.642. The zero-order valence-electron chi connectivity index (χ0n) is 18.0. The normalized spacial score (nSPS) is 15.0. The lowest BCUT2D eigenvalue weighted by molar-refractivity contribution is 0.0950. The van der Waals surface area contributed by atoms with Crippen molar-refractivity contribution >= 4 is 16.9 Å². The molecule has 2 aromatic carbocycles. The summed E-state index contributed by atoms with van der Waals surface area (Å²) >= 11 is 0. The summed E-state index contributed by atoms with van der Waals surface area (Å²) in [5, 5.41) is 11.4. The van der Waals surface area contributed by atoms with Crippen molar-refractivity contribution in [3.63, 3.8) is 0 Å². The third-order valence-corrected chi connectivity index (χ3v) is 6.25. The number of hydrogen-bond donors (Lipinski definition) is 1. The lowest BCUT2D eigenvalue weighted by atomic mass is 9.94. The van der Waals surface area contributed by atoms with E-state index in [1.165, 1.54) is 43.2 Å². The Labute approximate surface area is 178 Å². The Hall–Kier alpha value is -2.73. The van der Waals surface area contributed by atoms with E-state index in [2.05, 4.69) is 45.8 Å². The molecule has 1 aromatic heterocycles. The molecule has 1 fully saturated rings. The molecule has 158 valence electrons. The highest BCUT2D eigenvalue weighted by atomic mass is 16.1. The molecule has 30 heavy (non-hydrogen) atoms. The highest BCUT2D eigenvalue weighted by Crippen LogP contribution is 2.23. The van der Waals surface area contributed by atoms with Gasteiger partial charge in [-0.25, -0.2) is 4.68 Å². The van der Waals surface area contributed by atoms with Crippen LogP contribution in [0.3, 0.4) is 0 Å². The van der Waals surface area contributed by atoms with Crippen LogP contribution in [0.1, 0.15) is 60.5 Å². The summed E-state index contributed by atoms with van der Waals surface area (Å²) < 4.78 is 1.83. The average molecular weight is 406 g/mol. The first kappa shape index (κ1) is 20.5. The number of carbonyl (C=O) groups excluding carboxylic acids is 1. The van der Waals surface area contributed by atoms with E-state index in [0.717, 1.165) is 24.1 Å². The zero-order chi connectivity index (χ0) is 20.9. The van der Waals surface area contributed by atoms with E-state index in [-0.39, 0.29) is 5.91 Å². The number of rotatable bonds is 7. The van der Waals surface area contributed by atoms with Crippen LogP contribution in [0, 0.1) is 0 Å². The third-order valence-electron chi connectivity index (χ3n) is 6.25. The number of aryl methyl sites for hydroxylation is 1. The predicted octanol–water partition coefficient (Wildman–Crippen LogP) is 4.15. The first-order valence-corrected chi connectivity index (χ1v) is 11.0. The molecule has 3 aromatic rings. The second-order valence-electron chi connectivity index (χ2n) is 8.27. The molecule has 1 aliphatic carbocycles. The number of amides is 1. The summed E-state index contributed by atoms with van der Waals surface area (Å²) in [6.45, 7) is 4.22. The van der Waals surface area contributed by atoms with E-state index < -0.39 is 0 Å². The van der Waals surface area contributed by atoms with Gasteiger partial charge in [-0.15, -0.1) is 5.10 Å². The maximum atomic E-state index is 12.7. The molecule has 6 heteroatoms. The molecule has 1 N–H and O–H groups in total. The summed E-state index contributed by atoms with van der Waals surface area (Å²) in [5.74, 6) is -0.0848. The predicted molar refractivity (Wildman–Crippen MR) is 119 cm³/mol. The van der Waals surface area contributed by atoms with Gasteiger partial charge in [0.05, 0.1) is 5.52 Å². The van der Waals surface area contributed by atoms with Crippen molar-refractivity contribution in [2.24, 2.45) is 0 Å². The monoisotopic (exact) mass is 405 g/mol. The van der Waals surface area contributed by atoms with Crippen molar-refractivity contribution < 1.29 is 4.79 Å². The minimum Gasteiger partial charge on any atom is -0.348 e. The molecule has 1 saturated carbocycles. The lowest BCUT2D eigenvalue weighted by Gasteiger charge is -2.31. The van der Waals surface area contributed by atoms with Crippen LogP contribution < -0.4 is 5.32 Å². The Morgan fingerprint density at radius 2 is 1.90 bits per heavy atom. The standard InChI is InChI=1S/C24H31N5O/c1-3-29-23-14-13-18(15-22(23)26-27-29)24(30)25-16-19-9-7-8-10-20(19)17-28(2)21-11-5-4-6-12-21/h7-10,13-15,21H,3-6,11-12,16-17H2,1-2H3,(H,25,30). The van der Waals surface area contributed by atoms with E-state index in [4.69, 9.17) is 0 Å². The van der Waals surface area contributed by atoms with Gasteiger partial charge in [0, 0.05) is 31.2 Å². The molecular weight excluding hydrogens is 374 g/mol. The minimum atomic E-state index is -0.0848. The Morgan fingerprint density at radius 1 is 1.13 bits per heavy atom. The third kappa shape index (κ3) is 4.54. The van der Waals surface area contributed by atoms with Crippen LogP contribution in [-0.4, -0.2) is 38.9 Å². The Balaban J connectivity index is 1.41. The molecule has 1 amide bonds. The molecule has 6 nitrogen and oxygen atoms in total. The number of hydrogen-bond acceptors (Lipinski definition) is 4. The van der Waals surface area contributed by atoms with Crippen LogP contribution in [0.25, 0.3) is 11.0 Å². The first-order chi connectivity index (χ1) is 14.7. The SMILES string of the molecule is CCn1nnc2cc(C(=O)NCc3ccccc3CN(C)C3CCCCC3)ccc21. The molecule has 0 spiro atoms. The van der Waals surface area contributed by atoms with Gasteiger partial charge in [0.25, 0.3) is 5.91 Å². The molecule has 0 saturated heterocycles. The maximum Gasteiger partial charge on any atom is 0.251 e. The van der Waals surface area contributed by atoms with Gasteiger partial charge in [0.1, 0.15) is 5.52 Å². The fourth-order valence-corrected chi connectivity index (χ4v) is 4.43. The van der Waals surface area contributed by atoms with E-state index in [0.29, 0.717) is 18.2 Å². The van der Waals surface area contributed by atoms with Crippen LogP contribution in [0.4, 0.5) is 0 Å². The Morgan fingerprint density at radius 3 is 2.67 bits per heavy atom. The van der Waals surface area contributed by atoms with Crippen molar-refractivity contribution in [3.05, 3.63) is 59.2 Å². The molecular formula is C24H31N5O. The van der Waals surface area contributed by atoms with Gasteiger partial charge in [0.15, 0.2) is 0 Å². The lowest BCUT2D eigenvalue weighted by Crippen LogP contribution is -2.33. The van der Waals surface area contributed by atoms with Crippen molar-refractivity contribution in [1.82, 2.24) is 25.2 Å². The number of nitrogens with zero attached hydrogens (tertiary/aromatic N) is 4. The zero-order valence-corrected chi connectivity index (χ0v) is 18.0. The number of aromatic nitrogens is 3. The van der Waals surface area contributed by atoms with Crippen molar-refractivity contribution in [2.75, 3.05) is 7.05 Å². The number of fused-ring (bicyclic) bond motifs is 1. The summed E-state index contributed by atoms with van der Waals surface area (Å²) in [7, 11) is 2.23. The first-order valence-electron chi connectivity index (χ1n) is 11.0. The number of carbonyl (C=O) groups is 1. The smallest absolute Gasteiger partial charge is 0.251 e. The number of nitrogens with one attached hydrogen (secondary N) is 1. The number of benzene rings is 2. The second kappa shape index (κ2) is 9.39. The van der Waals surface area contributed by atoms with Gasteiger partial charge < -0.3 is 5.32 Å². The van der Waals surface area contributed by atoms with Crippen molar-refractivity contribution in [3.8, 4) is 0 Å². The molecule has 0 unspecified atom stereocenters. The summed E-state index contributed by atoms with van der Waals surface area (Å²) in [6.07, 6.45) is 6.63. The maximum absolute atomic E-state index is 12.7.